The Balaban J connectivity index is 3.09. The molecule has 0 aromatic heterocycles. The van der Waals surface area contributed by atoms with Gasteiger partial charge in [-0.15, -0.1) is 0 Å². The molecule has 0 spiro atoms. The lowest BCUT2D eigenvalue weighted by Gasteiger charge is -2.29. The fraction of sp³-hybridized carbons (Fsp3) is 0.500. The summed E-state index contributed by atoms with van der Waals surface area (Å²) < 4.78 is 19.2. The SMILES string of the molecule is CCC(C)c1ccc(S(C)(O)O)c(C)c1. The lowest BCUT2D eigenvalue weighted by molar-refractivity contribution is 0.494. The third kappa shape index (κ3) is 2.97. The summed E-state index contributed by atoms with van der Waals surface area (Å²) in [6.45, 7) is 6.26. The molecular weight excluding hydrogens is 208 g/mol. The number of hydrogen-bond donors (Lipinski definition) is 2. The number of rotatable bonds is 3. The predicted octanol–water partition coefficient (Wildman–Crippen LogP) is 4.25. The molecule has 2 nitrogen and oxygen atoms in total. The fourth-order valence-corrected chi connectivity index (χ4v) is 2.64. The average Bonchev–Trinajstić information content (AvgIpc) is 2.14. The molecule has 0 heterocycles. The van der Waals surface area contributed by atoms with E-state index in [1.807, 2.05) is 19.1 Å². The Kier molecular flexibility index (Phi) is 3.82. The van der Waals surface area contributed by atoms with Crippen LogP contribution in [0.1, 0.15) is 37.3 Å². The zero-order valence-corrected chi connectivity index (χ0v) is 10.6. The van der Waals surface area contributed by atoms with Gasteiger partial charge in [-0.1, -0.05) is 26.0 Å². The van der Waals surface area contributed by atoms with E-state index in [2.05, 4.69) is 19.9 Å². The monoisotopic (exact) mass is 228 g/mol. The second-order valence-corrected chi connectivity index (χ2v) is 6.27. The molecule has 0 aliphatic heterocycles. The van der Waals surface area contributed by atoms with Crippen molar-refractivity contribution in [1.82, 2.24) is 0 Å². The molecule has 0 amide bonds. The van der Waals surface area contributed by atoms with E-state index in [0.29, 0.717) is 10.8 Å². The first kappa shape index (κ1) is 12.6. The third-order valence-electron chi connectivity index (χ3n) is 2.80. The molecule has 0 fully saturated rings. The molecule has 15 heavy (non-hydrogen) atoms. The van der Waals surface area contributed by atoms with Gasteiger partial charge in [-0.3, -0.25) is 9.11 Å². The summed E-state index contributed by atoms with van der Waals surface area (Å²) in [7, 11) is -2.58. The van der Waals surface area contributed by atoms with Crippen LogP contribution in [0, 0.1) is 6.92 Å². The van der Waals surface area contributed by atoms with Gasteiger partial charge in [0.15, 0.2) is 0 Å². The molecule has 1 atom stereocenters. The van der Waals surface area contributed by atoms with Crippen molar-refractivity contribution in [2.75, 3.05) is 6.26 Å². The van der Waals surface area contributed by atoms with Crippen LogP contribution in [0.15, 0.2) is 23.1 Å². The molecule has 3 heteroatoms. The number of aryl methyl sites for hydroxylation is 1. The first-order valence-corrected chi connectivity index (χ1v) is 7.15. The zero-order chi connectivity index (χ0) is 11.6. The zero-order valence-electron chi connectivity index (χ0n) is 9.82. The van der Waals surface area contributed by atoms with Crippen LogP contribution in [-0.2, 0) is 0 Å². The van der Waals surface area contributed by atoms with Crippen LogP contribution < -0.4 is 0 Å². The van der Waals surface area contributed by atoms with E-state index < -0.39 is 10.6 Å². The van der Waals surface area contributed by atoms with E-state index in [-0.39, 0.29) is 0 Å². The lowest BCUT2D eigenvalue weighted by Crippen LogP contribution is -2.00. The molecular formula is C12H20O2S. The molecule has 1 aromatic carbocycles. The largest absolute Gasteiger partial charge is 0.295 e. The summed E-state index contributed by atoms with van der Waals surface area (Å²) >= 11 is 0. The fourth-order valence-electron chi connectivity index (χ4n) is 1.65. The molecule has 0 aliphatic rings. The van der Waals surface area contributed by atoms with Gasteiger partial charge in [0.1, 0.15) is 0 Å². The van der Waals surface area contributed by atoms with Crippen LogP contribution >= 0.6 is 10.6 Å². The molecule has 2 N–H and O–H groups in total. The quantitative estimate of drug-likeness (QED) is 0.812. The van der Waals surface area contributed by atoms with Gasteiger partial charge in [0.25, 0.3) is 0 Å². The van der Waals surface area contributed by atoms with Gasteiger partial charge in [-0.05, 0) is 36.5 Å². The summed E-state index contributed by atoms with van der Waals surface area (Å²) in [5.74, 6) is 0.524. The van der Waals surface area contributed by atoms with Crippen LogP contribution in [0.5, 0.6) is 0 Å². The van der Waals surface area contributed by atoms with Crippen LogP contribution in [0.25, 0.3) is 0 Å². The molecule has 0 bridgehead atoms. The van der Waals surface area contributed by atoms with E-state index in [1.165, 1.54) is 11.8 Å². The molecule has 0 saturated carbocycles. The van der Waals surface area contributed by atoms with Crippen molar-refractivity contribution in [2.45, 2.75) is 38.0 Å². The average molecular weight is 228 g/mol. The van der Waals surface area contributed by atoms with Gasteiger partial charge in [0, 0.05) is 6.26 Å². The van der Waals surface area contributed by atoms with Gasteiger partial charge in [-0.2, -0.15) is 10.6 Å². The standard InChI is InChI=1S/C12H20O2S/c1-5-9(2)11-6-7-12(10(3)8-11)15(4,13)14/h6-9,13-14H,5H2,1-4H3. The highest BCUT2D eigenvalue weighted by atomic mass is 32.3. The van der Waals surface area contributed by atoms with E-state index in [4.69, 9.17) is 0 Å². The molecule has 1 rings (SSSR count). The second-order valence-electron chi connectivity index (χ2n) is 4.17. The minimum absolute atomic E-state index is 0.524. The molecule has 0 radical (unpaired) electrons. The highest BCUT2D eigenvalue weighted by Gasteiger charge is 2.13. The normalized spacial score (nSPS) is 15.1. The smallest absolute Gasteiger partial charge is 0.0610 e. The Labute approximate surface area is 93.7 Å². The Hall–Kier alpha value is -0.510. The molecule has 0 saturated heterocycles. The molecule has 1 unspecified atom stereocenters. The van der Waals surface area contributed by atoms with Crippen molar-refractivity contribution in [2.24, 2.45) is 0 Å². The van der Waals surface area contributed by atoms with Gasteiger partial charge in [0.2, 0.25) is 0 Å². The van der Waals surface area contributed by atoms with Crippen LogP contribution in [0.3, 0.4) is 0 Å². The second kappa shape index (κ2) is 4.56. The van der Waals surface area contributed by atoms with Gasteiger partial charge in [0.05, 0.1) is 4.90 Å². The van der Waals surface area contributed by atoms with Crippen molar-refractivity contribution >= 4 is 10.6 Å². The maximum absolute atomic E-state index is 9.60. The first-order valence-electron chi connectivity index (χ1n) is 5.20. The Morgan fingerprint density at radius 2 is 1.93 bits per heavy atom. The number of hydrogen-bond acceptors (Lipinski definition) is 2. The predicted molar refractivity (Wildman–Crippen MR) is 66.9 cm³/mol. The van der Waals surface area contributed by atoms with E-state index in [9.17, 15) is 9.11 Å². The van der Waals surface area contributed by atoms with Crippen LogP contribution in [0.4, 0.5) is 0 Å². The maximum Gasteiger partial charge on any atom is 0.0610 e. The Morgan fingerprint density at radius 1 is 1.33 bits per heavy atom. The minimum Gasteiger partial charge on any atom is -0.295 e. The number of benzene rings is 1. The molecule has 86 valence electrons. The lowest BCUT2D eigenvalue weighted by atomic mass is 9.97. The molecule has 0 aliphatic carbocycles. The highest BCUT2D eigenvalue weighted by Crippen LogP contribution is 2.46. The van der Waals surface area contributed by atoms with Crippen molar-refractivity contribution in [3.05, 3.63) is 29.3 Å². The van der Waals surface area contributed by atoms with E-state index >= 15 is 0 Å². The van der Waals surface area contributed by atoms with Gasteiger partial charge < -0.3 is 0 Å². The van der Waals surface area contributed by atoms with Crippen molar-refractivity contribution in [3.63, 3.8) is 0 Å². The minimum atomic E-state index is -2.58. The molecule has 1 aromatic rings. The summed E-state index contributed by atoms with van der Waals surface area (Å²) in [4.78, 5) is 0.662. The Morgan fingerprint density at radius 3 is 2.33 bits per heavy atom. The van der Waals surface area contributed by atoms with E-state index in [0.717, 1.165) is 12.0 Å². The van der Waals surface area contributed by atoms with Crippen LogP contribution in [-0.4, -0.2) is 15.4 Å². The van der Waals surface area contributed by atoms with Crippen molar-refractivity contribution in [3.8, 4) is 0 Å². The first-order chi connectivity index (χ1) is 6.86. The highest BCUT2D eigenvalue weighted by molar-refractivity contribution is 8.23. The van der Waals surface area contributed by atoms with Crippen LogP contribution in [0.2, 0.25) is 0 Å². The summed E-state index contributed by atoms with van der Waals surface area (Å²) in [5, 5.41) is 0. The van der Waals surface area contributed by atoms with E-state index in [1.54, 1.807) is 0 Å². The summed E-state index contributed by atoms with van der Waals surface area (Å²) in [6, 6.07) is 5.89. The maximum atomic E-state index is 9.60. The topological polar surface area (TPSA) is 40.5 Å². The van der Waals surface area contributed by atoms with Gasteiger partial charge in [-0.25, -0.2) is 0 Å². The summed E-state index contributed by atoms with van der Waals surface area (Å²) in [6.07, 6.45) is 2.57. The van der Waals surface area contributed by atoms with Crippen molar-refractivity contribution < 1.29 is 9.11 Å². The van der Waals surface area contributed by atoms with Gasteiger partial charge >= 0.3 is 0 Å². The third-order valence-corrected chi connectivity index (χ3v) is 4.09. The van der Waals surface area contributed by atoms with Crippen molar-refractivity contribution in [1.29, 1.82) is 0 Å². The Bertz CT molecular complexity index is 342. The summed E-state index contributed by atoms with van der Waals surface area (Å²) in [5.41, 5.74) is 2.23.